The van der Waals surface area contributed by atoms with E-state index in [1.165, 1.54) is 11.1 Å². The van der Waals surface area contributed by atoms with Crippen LogP contribution in [0.5, 0.6) is 0 Å². The van der Waals surface area contributed by atoms with Crippen molar-refractivity contribution in [2.75, 3.05) is 0 Å². The molecule has 0 N–H and O–H groups in total. The normalized spacial score (nSPS) is 24.0. The molecule has 0 aromatic heterocycles. The number of alkyl halides is 1. The van der Waals surface area contributed by atoms with E-state index in [1.54, 1.807) is 0 Å². The minimum Gasteiger partial charge on any atom is -0.109 e. The molecular weight excluding hydrogens is 216 g/mol. The van der Waals surface area contributed by atoms with Crippen molar-refractivity contribution in [2.24, 2.45) is 0 Å². The molecule has 0 amide bonds. The van der Waals surface area contributed by atoms with Crippen molar-refractivity contribution >= 4 is 11.6 Å². The molecule has 0 radical (unpaired) electrons. The van der Waals surface area contributed by atoms with Crippen molar-refractivity contribution in [3.8, 4) is 0 Å². The van der Waals surface area contributed by atoms with Crippen molar-refractivity contribution in [1.29, 1.82) is 0 Å². The van der Waals surface area contributed by atoms with Gasteiger partial charge in [0.15, 0.2) is 0 Å². The van der Waals surface area contributed by atoms with Crippen molar-refractivity contribution in [2.45, 2.75) is 18.2 Å². The van der Waals surface area contributed by atoms with Crippen LogP contribution < -0.4 is 0 Å². The molecule has 1 aliphatic carbocycles. The highest BCUT2D eigenvalue weighted by molar-refractivity contribution is 6.25. The molecule has 82 valence electrons. The predicted molar refractivity (Wildman–Crippen MR) is 70.7 cm³/mol. The van der Waals surface area contributed by atoms with Gasteiger partial charge in [-0.15, -0.1) is 11.6 Å². The van der Waals surface area contributed by atoms with Crippen LogP contribution in [0.2, 0.25) is 0 Å². The first-order valence-electron chi connectivity index (χ1n) is 5.42. The smallest absolute Gasteiger partial charge is 0.0915 e. The fourth-order valence-electron chi connectivity index (χ4n) is 2.02. The lowest BCUT2D eigenvalue weighted by Gasteiger charge is -2.27. The van der Waals surface area contributed by atoms with Gasteiger partial charge in [-0.25, -0.2) is 0 Å². The van der Waals surface area contributed by atoms with Crippen LogP contribution in [0.3, 0.4) is 0 Å². The van der Waals surface area contributed by atoms with Gasteiger partial charge in [-0.3, -0.25) is 0 Å². The third-order valence-electron chi connectivity index (χ3n) is 3.00. The number of hydrogen-bond acceptors (Lipinski definition) is 0. The third kappa shape index (κ3) is 1.98. The lowest BCUT2D eigenvalue weighted by molar-refractivity contribution is 0.753. The zero-order valence-electron chi connectivity index (χ0n) is 9.41. The summed E-state index contributed by atoms with van der Waals surface area (Å²) in [6.45, 7) is 5.86. The van der Waals surface area contributed by atoms with Crippen LogP contribution in [0.1, 0.15) is 17.5 Å². The van der Waals surface area contributed by atoms with E-state index in [2.05, 4.69) is 37.8 Å². The zero-order chi connectivity index (χ0) is 11.6. The number of halogens is 1. The molecule has 2 rings (SSSR count). The fourth-order valence-corrected chi connectivity index (χ4v) is 2.37. The lowest BCUT2D eigenvalue weighted by Crippen LogP contribution is -2.18. The van der Waals surface area contributed by atoms with E-state index in [9.17, 15) is 0 Å². The molecule has 1 unspecified atom stereocenters. The molecule has 1 atom stereocenters. The number of allylic oxidation sites excluding steroid dienone is 5. The Bertz CT molecular complexity index is 468. The molecule has 1 aromatic carbocycles. The molecule has 0 heterocycles. The summed E-state index contributed by atoms with van der Waals surface area (Å²) in [7, 11) is 0. The van der Waals surface area contributed by atoms with Gasteiger partial charge in [-0.1, -0.05) is 55.1 Å². The molecule has 0 fully saturated rings. The van der Waals surface area contributed by atoms with Gasteiger partial charge in [-0.05, 0) is 30.0 Å². The molecule has 1 aromatic rings. The van der Waals surface area contributed by atoms with Crippen LogP contribution >= 0.6 is 11.6 Å². The summed E-state index contributed by atoms with van der Waals surface area (Å²) in [4.78, 5) is -0.391. The Labute approximate surface area is 102 Å². The summed E-state index contributed by atoms with van der Waals surface area (Å²) >= 11 is 6.66. The molecule has 0 nitrogen and oxygen atoms in total. The summed E-state index contributed by atoms with van der Waals surface area (Å²) in [5.74, 6) is 0. The summed E-state index contributed by atoms with van der Waals surface area (Å²) in [5.41, 5.74) is 3.56. The van der Waals surface area contributed by atoms with Crippen LogP contribution in [-0.2, 0) is 4.87 Å². The number of hydrogen-bond donors (Lipinski definition) is 0. The number of benzene rings is 1. The Morgan fingerprint density at radius 2 is 2.12 bits per heavy atom. The summed E-state index contributed by atoms with van der Waals surface area (Å²) in [6, 6.07) is 8.27. The van der Waals surface area contributed by atoms with Crippen LogP contribution in [0, 0.1) is 6.92 Å². The summed E-state index contributed by atoms with van der Waals surface area (Å²) < 4.78 is 0. The summed E-state index contributed by atoms with van der Waals surface area (Å²) in [5, 5.41) is 0. The first kappa shape index (κ1) is 11.2. The van der Waals surface area contributed by atoms with E-state index >= 15 is 0 Å². The molecular formula is C15H15Cl. The highest BCUT2D eigenvalue weighted by Crippen LogP contribution is 2.39. The Hall–Kier alpha value is -1.27. The monoisotopic (exact) mass is 230 g/mol. The Kier molecular flexibility index (Phi) is 3.02. The highest BCUT2D eigenvalue weighted by Gasteiger charge is 2.28. The van der Waals surface area contributed by atoms with E-state index in [-0.39, 0.29) is 0 Å². The second-order valence-corrected chi connectivity index (χ2v) is 4.80. The average Bonchev–Trinajstić information content (AvgIpc) is 2.30. The molecule has 0 saturated carbocycles. The van der Waals surface area contributed by atoms with E-state index in [0.29, 0.717) is 0 Å². The largest absolute Gasteiger partial charge is 0.109 e. The molecule has 0 spiro atoms. The topological polar surface area (TPSA) is 0 Å². The predicted octanol–water partition coefficient (Wildman–Crippen LogP) is 4.50. The minimum absolute atomic E-state index is 0.391. The van der Waals surface area contributed by atoms with Gasteiger partial charge >= 0.3 is 0 Å². The molecule has 0 bridgehead atoms. The molecule has 0 aliphatic heterocycles. The van der Waals surface area contributed by atoms with Crippen molar-refractivity contribution in [1.82, 2.24) is 0 Å². The number of rotatable bonds is 2. The maximum atomic E-state index is 6.66. The van der Waals surface area contributed by atoms with Gasteiger partial charge in [0.05, 0.1) is 4.87 Å². The van der Waals surface area contributed by atoms with Gasteiger partial charge in [-0.2, -0.15) is 0 Å². The second kappa shape index (κ2) is 4.31. The van der Waals surface area contributed by atoms with Gasteiger partial charge in [0, 0.05) is 0 Å². The van der Waals surface area contributed by atoms with E-state index < -0.39 is 4.87 Å². The quantitative estimate of drug-likeness (QED) is 0.657. The Morgan fingerprint density at radius 1 is 1.38 bits per heavy atom. The first-order chi connectivity index (χ1) is 7.65. The number of aryl methyl sites for hydroxylation is 1. The molecule has 16 heavy (non-hydrogen) atoms. The van der Waals surface area contributed by atoms with Gasteiger partial charge in [0.2, 0.25) is 0 Å². The van der Waals surface area contributed by atoms with Crippen LogP contribution in [0.15, 0.2) is 60.7 Å². The Balaban J connectivity index is 2.37. The van der Waals surface area contributed by atoms with Crippen molar-refractivity contribution in [3.05, 3.63) is 71.8 Å². The van der Waals surface area contributed by atoms with Crippen LogP contribution in [0.25, 0.3) is 0 Å². The molecule has 1 heteroatoms. The van der Waals surface area contributed by atoms with E-state index in [4.69, 9.17) is 11.6 Å². The van der Waals surface area contributed by atoms with Crippen molar-refractivity contribution < 1.29 is 0 Å². The maximum absolute atomic E-state index is 6.66. The highest BCUT2D eigenvalue weighted by atomic mass is 35.5. The van der Waals surface area contributed by atoms with Crippen molar-refractivity contribution in [3.63, 3.8) is 0 Å². The second-order valence-electron chi connectivity index (χ2n) is 4.12. The average molecular weight is 231 g/mol. The van der Waals surface area contributed by atoms with Gasteiger partial charge in [0.25, 0.3) is 0 Å². The van der Waals surface area contributed by atoms with Crippen LogP contribution in [-0.4, -0.2) is 0 Å². The summed E-state index contributed by atoms with van der Waals surface area (Å²) in [6.07, 6.45) is 8.90. The first-order valence-corrected chi connectivity index (χ1v) is 5.80. The van der Waals surface area contributed by atoms with E-state index in [0.717, 1.165) is 12.0 Å². The lowest BCUT2D eigenvalue weighted by atomic mass is 9.87. The maximum Gasteiger partial charge on any atom is 0.0915 e. The zero-order valence-corrected chi connectivity index (χ0v) is 10.2. The van der Waals surface area contributed by atoms with Crippen LogP contribution in [0.4, 0.5) is 0 Å². The van der Waals surface area contributed by atoms with Gasteiger partial charge < -0.3 is 0 Å². The Morgan fingerprint density at radius 3 is 2.69 bits per heavy atom. The molecule has 1 aliphatic rings. The fraction of sp³-hybridized carbons (Fsp3) is 0.200. The molecule has 0 saturated heterocycles. The minimum atomic E-state index is -0.391. The van der Waals surface area contributed by atoms with Gasteiger partial charge in [0.1, 0.15) is 0 Å². The third-order valence-corrected chi connectivity index (χ3v) is 3.49. The van der Waals surface area contributed by atoms with E-state index in [1.807, 2.05) is 24.3 Å². The standard InChI is InChI=1S/C15H15Cl/c1-3-13-8-10-15(16,11-9-13)14-7-5-4-6-12(14)2/h3-10H,1,11H2,2H3. The SMILES string of the molecule is C=CC1=CCC(Cl)(c2ccccc2C)C=C1.